The van der Waals surface area contributed by atoms with Gasteiger partial charge < -0.3 is 10.5 Å². The third-order valence-corrected chi connectivity index (χ3v) is 3.57. The van der Waals surface area contributed by atoms with E-state index in [2.05, 4.69) is 32.0 Å². The van der Waals surface area contributed by atoms with E-state index in [0.29, 0.717) is 0 Å². The maximum absolute atomic E-state index is 6.04. The minimum atomic E-state index is 0.756. The molecular formula is C19H25NO. The van der Waals surface area contributed by atoms with Crippen molar-refractivity contribution in [3.05, 3.63) is 53.6 Å². The standard InChI is InChI=1S/C19H25NO/c1-3-5-7-16-14-15(6-4-2)8-13-19(16)21-18-11-9-17(20)10-12-18/h8-14H,3-7,20H2,1-2H3. The predicted molar refractivity (Wildman–Crippen MR) is 90.0 cm³/mol. The van der Waals surface area contributed by atoms with Crippen molar-refractivity contribution in [2.45, 2.75) is 46.0 Å². The number of unbranched alkanes of at least 4 members (excludes halogenated alkanes) is 1. The van der Waals surface area contributed by atoms with Crippen LogP contribution in [-0.4, -0.2) is 0 Å². The molecule has 0 amide bonds. The summed E-state index contributed by atoms with van der Waals surface area (Å²) in [5.41, 5.74) is 9.17. The molecule has 0 atom stereocenters. The lowest BCUT2D eigenvalue weighted by Gasteiger charge is -2.13. The number of hydrogen-bond acceptors (Lipinski definition) is 2. The van der Waals surface area contributed by atoms with E-state index in [0.717, 1.165) is 30.0 Å². The third-order valence-electron chi connectivity index (χ3n) is 3.57. The van der Waals surface area contributed by atoms with Crippen molar-refractivity contribution >= 4 is 5.69 Å². The van der Waals surface area contributed by atoms with Gasteiger partial charge in [0.15, 0.2) is 0 Å². The summed E-state index contributed by atoms with van der Waals surface area (Å²) in [6.45, 7) is 4.43. The van der Waals surface area contributed by atoms with Crippen LogP contribution in [0.15, 0.2) is 42.5 Å². The molecule has 2 N–H and O–H groups in total. The molecule has 0 saturated heterocycles. The highest BCUT2D eigenvalue weighted by Gasteiger charge is 2.06. The largest absolute Gasteiger partial charge is 0.457 e. The fourth-order valence-electron chi connectivity index (χ4n) is 2.40. The third kappa shape index (κ3) is 4.52. The van der Waals surface area contributed by atoms with Crippen molar-refractivity contribution < 1.29 is 4.74 Å². The Balaban J connectivity index is 2.21. The van der Waals surface area contributed by atoms with Crippen molar-refractivity contribution in [1.29, 1.82) is 0 Å². The minimum absolute atomic E-state index is 0.756. The van der Waals surface area contributed by atoms with Gasteiger partial charge in [0.2, 0.25) is 0 Å². The number of hydrogen-bond donors (Lipinski definition) is 1. The van der Waals surface area contributed by atoms with E-state index in [1.807, 2.05) is 24.3 Å². The first-order chi connectivity index (χ1) is 10.2. The second-order valence-corrected chi connectivity index (χ2v) is 5.47. The lowest BCUT2D eigenvalue weighted by atomic mass is 10.0. The molecule has 2 heteroatoms. The lowest BCUT2D eigenvalue weighted by molar-refractivity contribution is 0.475. The summed E-state index contributed by atoms with van der Waals surface area (Å²) in [6, 6.07) is 14.1. The Hall–Kier alpha value is -1.96. The summed E-state index contributed by atoms with van der Waals surface area (Å²) in [6.07, 6.45) is 5.75. The zero-order chi connectivity index (χ0) is 15.1. The zero-order valence-corrected chi connectivity index (χ0v) is 13.1. The average molecular weight is 283 g/mol. The maximum atomic E-state index is 6.04. The molecule has 0 fully saturated rings. The van der Waals surface area contributed by atoms with E-state index >= 15 is 0 Å². The van der Waals surface area contributed by atoms with Crippen molar-refractivity contribution in [3.63, 3.8) is 0 Å². The van der Waals surface area contributed by atoms with E-state index in [1.165, 1.54) is 30.4 Å². The zero-order valence-electron chi connectivity index (χ0n) is 13.1. The number of ether oxygens (including phenoxy) is 1. The Morgan fingerprint density at radius 3 is 2.33 bits per heavy atom. The summed E-state index contributed by atoms with van der Waals surface area (Å²) < 4.78 is 6.04. The van der Waals surface area contributed by atoms with Crippen molar-refractivity contribution in [1.82, 2.24) is 0 Å². The number of aryl methyl sites for hydroxylation is 2. The van der Waals surface area contributed by atoms with Crippen LogP contribution in [0.4, 0.5) is 5.69 Å². The molecule has 0 heterocycles. The van der Waals surface area contributed by atoms with E-state index < -0.39 is 0 Å². The van der Waals surface area contributed by atoms with Gasteiger partial charge in [-0.1, -0.05) is 38.8 Å². The first kappa shape index (κ1) is 15.4. The van der Waals surface area contributed by atoms with Crippen LogP contribution in [0.1, 0.15) is 44.2 Å². The quantitative estimate of drug-likeness (QED) is 0.694. The Labute approximate surface area is 127 Å². The molecule has 0 radical (unpaired) electrons. The van der Waals surface area contributed by atoms with E-state index in [1.54, 1.807) is 0 Å². The molecule has 2 aromatic carbocycles. The minimum Gasteiger partial charge on any atom is -0.457 e. The lowest BCUT2D eigenvalue weighted by Crippen LogP contribution is -1.95. The molecule has 0 aliphatic rings. The van der Waals surface area contributed by atoms with Gasteiger partial charge in [0.25, 0.3) is 0 Å². The van der Waals surface area contributed by atoms with Crippen LogP contribution in [0.5, 0.6) is 11.5 Å². The van der Waals surface area contributed by atoms with Crippen molar-refractivity contribution in [3.8, 4) is 11.5 Å². The van der Waals surface area contributed by atoms with Gasteiger partial charge in [-0.2, -0.15) is 0 Å². The van der Waals surface area contributed by atoms with Gasteiger partial charge >= 0.3 is 0 Å². The molecule has 0 aliphatic heterocycles. The predicted octanol–water partition coefficient (Wildman–Crippen LogP) is 5.36. The fraction of sp³-hybridized carbons (Fsp3) is 0.368. The molecular weight excluding hydrogens is 258 g/mol. The molecule has 21 heavy (non-hydrogen) atoms. The van der Waals surface area contributed by atoms with E-state index in [4.69, 9.17) is 10.5 Å². The van der Waals surface area contributed by atoms with Crippen LogP contribution >= 0.6 is 0 Å². The summed E-state index contributed by atoms with van der Waals surface area (Å²) >= 11 is 0. The summed E-state index contributed by atoms with van der Waals surface area (Å²) in [5, 5.41) is 0. The Kier molecular flexibility index (Phi) is 5.68. The van der Waals surface area contributed by atoms with Crippen LogP contribution in [-0.2, 0) is 12.8 Å². The number of nitrogen functional groups attached to an aromatic ring is 1. The molecule has 2 aromatic rings. The Bertz CT molecular complexity index is 560. The fourth-order valence-corrected chi connectivity index (χ4v) is 2.40. The molecule has 0 spiro atoms. The van der Waals surface area contributed by atoms with E-state index in [-0.39, 0.29) is 0 Å². The number of anilines is 1. The van der Waals surface area contributed by atoms with Crippen LogP contribution in [0.3, 0.4) is 0 Å². The number of nitrogens with two attached hydrogens (primary N) is 1. The first-order valence-electron chi connectivity index (χ1n) is 7.88. The molecule has 0 aliphatic carbocycles. The van der Waals surface area contributed by atoms with Crippen molar-refractivity contribution in [2.75, 3.05) is 5.73 Å². The van der Waals surface area contributed by atoms with Gasteiger partial charge in [0.05, 0.1) is 0 Å². The van der Waals surface area contributed by atoms with Crippen LogP contribution in [0.2, 0.25) is 0 Å². The maximum Gasteiger partial charge on any atom is 0.130 e. The number of rotatable bonds is 7. The summed E-state index contributed by atoms with van der Waals surface area (Å²) in [4.78, 5) is 0. The molecule has 0 saturated carbocycles. The summed E-state index contributed by atoms with van der Waals surface area (Å²) in [5.74, 6) is 1.80. The van der Waals surface area contributed by atoms with Crippen molar-refractivity contribution in [2.24, 2.45) is 0 Å². The van der Waals surface area contributed by atoms with Gasteiger partial charge in [-0.05, 0) is 60.7 Å². The van der Waals surface area contributed by atoms with Gasteiger partial charge in [-0.25, -0.2) is 0 Å². The topological polar surface area (TPSA) is 35.2 Å². The van der Waals surface area contributed by atoms with Crippen LogP contribution < -0.4 is 10.5 Å². The van der Waals surface area contributed by atoms with Gasteiger partial charge in [-0.3, -0.25) is 0 Å². The normalized spacial score (nSPS) is 10.6. The highest BCUT2D eigenvalue weighted by atomic mass is 16.5. The average Bonchev–Trinajstić information content (AvgIpc) is 2.50. The summed E-state index contributed by atoms with van der Waals surface area (Å²) in [7, 11) is 0. The SMILES string of the molecule is CCCCc1cc(CCC)ccc1Oc1ccc(N)cc1. The van der Waals surface area contributed by atoms with Gasteiger partial charge in [0.1, 0.15) is 11.5 Å². The Morgan fingerprint density at radius 2 is 1.67 bits per heavy atom. The second-order valence-electron chi connectivity index (χ2n) is 5.47. The second kappa shape index (κ2) is 7.72. The Morgan fingerprint density at radius 1 is 0.905 bits per heavy atom. The molecule has 2 nitrogen and oxygen atoms in total. The monoisotopic (exact) mass is 283 g/mol. The number of benzene rings is 2. The molecule has 0 aromatic heterocycles. The highest BCUT2D eigenvalue weighted by molar-refractivity contribution is 5.45. The smallest absolute Gasteiger partial charge is 0.130 e. The molecule has 0 unspecified atom stereocenters. The molecule has 112 valence electrons. The van der Waals surface area contributed by atoms with Crippen LogP contribution in [0.25, 0.3) is 0 Å². The molecule has 0 bridgehead atoms. The highest BCUT2D eigenvalue weighted by Crippen LogP contribution is 2.28. The van der Waals surface area contributed by atoms with Crippen LogP contribution in [0, 0.1) is 0 Å². The van der Waals surface area contributed by atoms with E-state index in [9.17, 15) is 0 Å². The van der Waals surface area contributed by atoms with Gasteiger partial charge in [-0.15, -0.1) is 0 Å². The first-order valence-corrected chi connectivity index (χ1v) is 7.88. The molecule has 2 rings (SSSR count). The van der Waals surface area contributed by atoms with Gasteiger partial charge in [0, 0.05) is 5.69 Å².